The van der Waals surface area contributed by atoms with Crippen molar-refractivity contribution in [3.8, 4) is 5.19 Å². The zero-order valence-corrected chi connectivity index (χ0v) is 16.2. The van der Waals surface area contributed by atoms with Gasteiger partial charge in [-0.2, -0.15) is 0 Å². The van der Waals surface area contributed by atoms with Gasteiger partial charge in [-0.05, 0) is 39.5 Å². The van der Waals surface area contributed by atoms with Crippen molar-refractivity contribution in [2.75, 3.05) is 19.6 Å². The monoisotopic (exact) mass is 363 g/mol. The van der Waals surface area contributed by atoms with Crippen molar-refractivity contribution in [1.29, 1.82) is 0 Å². The van der Waals surface area contributed by atoms with Crippen LogP contribution in [0.2, 0.25) is 0 Å². The first-order valence-corrected chi connectivity index (χ1v) is 10.6. The Hall–Kier alpha value is -1.14. The van der Waals surface area contributed by atoms with E-state index in [1.165, 1.54) is 11.3 Å². The van der Waals surface area contributed by atoms with Crippen LogP contribution in [0.1, 0.15) is 56.5 Å². The SMILES string of the molecule is CC(C)N1CCC(Oc2nc3c(s2)CN(C(=O)C2CCC2)CC3)CC1. The van der Waals surface area contributed by atoms with Crippen molar-refractivity contribution in [3.05, 3.63) is 10.6 Å². The number of thiazole rings is 1. The highest BCUT2D eigenvalue weighted by Gasteiger charge is 2.32. The Kier molecular flexibility index (Phi) is 5.00. The number of carbonyl (C=O) groups is 1. The van der Waals surface area contributed by atoms with Gasteiger partial charge in [0.2, 0.25) is 5.91 Å². The van der Waals surface area contributed by atoms with E-state index in [4.69, 9.17) is 9.72 Å². The second-order valence-electron chi connectivity index (χ2n) is 7.93. The molecule has 6 heteroatoms. The van der Waals surface area contributed by atoms with Crippen molar-refractivity contribution in [3.63, 3.8) is 0 Å². The molecule has 0 radical (unpaired) electrons. The third kappa shape index (κ3) is 3.70. The van der Waals surface area contributed by atoms with Gasteiger partial charge < -0.3 is 14.5 Å². The fraction of sp³-hybridized carbons (Fsp3) is 0.789. The molecule has 138 valence electrons. The van der Waals surface area contributed by atoms with Crippen LogP contribution in [0.5, 0.6) is 5.19 Å². The first-order valence-electron chi connectivity index (χ1n) is 9.78. The molecule has 0 unspecified atom stereocenters. The summed E-state index contributed by atoms with van der Waals surface area (Å²) in [5, 5.41) is 0.811. The quantitative estimate of drug-likeness (QED) is 0.825. The number of hydrogen-bond donors (Lipinski definition) is 0. The summed E-state index contributed by atoms with van der Waals surface area (Å²) in [4.78, 5) is 23.0. The lowest BCUT2D eigenvalue weighted by atomic mass is 9.84. The summed E-state index contributed by atoms with van der Waals surface area (Å²) in [6.45, 7) is 8.28. The smallest absolute Gasteiger partial charge is 0.273 e. The van der Waals surface area contributed by atoms with Crippen molar-refractivity contribution in [2.24, 2.45) is 5.92 Å². The average Bonchev–Trinajstić information content (AvgIpc) is 2.95. The summed E-state index contributed by atoms with van der Waals surface area (Å²) >= 11 is 1.65. The van der Waals surface area contributed by atoms with Crippen LogP contribution in [-0.4, -0.2) is 52.5 Å². The van der Waals surface area contributed by atoms with Crippen LogP contribution in [0, 0.1) is 5.92 Å². The third-order valence-corrected chi connectivity index (χ3v) is 6.93. The first kappa shape index (κ1) is 17.3. The summed E-state index contributed by atoms with van der Waals surface area (Å²) < 4.78 is 6.19. The molecule has 1 aromatic rings. The maximum absolute atomic E-state index is 12.5. The summed E-state index contributed by atoms with van der Waals surface area (Å²) in [5.41, 5.74) is 1.15. The zero-order valence-electron chi connectivity index (χ0n) is 15.4. The molecule has 2 aliphatic heterocycles. The minimum absolute atomic E-state index is 0.287. The molecule has 0 atom stereocenters. The van der Waals surface area contributed by atoms with Crippen LogP contribution in [-0.2, 0) is 17.8 Å². The lowest BCUT2D eigenvalue weighted by Gasteiger charge is -2.34. The number of amides is 1. The molecule has 3 heterocycles. The number of piperidine rings is 1. The van der Waals surface area contributed by atoms with E-state index in [-0.39, 0.29) is 12.0 Å². The topological polar surface area (TPSA) is 45.7 Å². The molecule has 1 aromatic heterocycles. The van der Waals surface area contributed by atoms with E-state index in [1.54, 1.807) is 11.3 Å². The van der Waals surface area contributed by atoms with E-state index in [9.17, 15) is 4.79 Å². The Balaban J connectivity index is 1.33. The number of fused-ring (bicyclic) bond motifs is 1. The third-order valence-electron chi connectivity index (χ3n) is 5.95. The van der Waals surface area contributed by atoms with Gasteiger partial charge in [-0.1, -0.05) is 17.8 Å². The lowest BCUT2D eigenvalue weighted by Crippen LogP contribution is -2.41. The Morgan fingerprint density at radius 3 is 2.60 bits per heavy atom. The first-order chi connectivity index (χ1) is 12.1. The van der Waals surface area contributed by atoms with E-state index >= 15 is 0 Å². The summed E-state index contributed by atoms with van der Waals surface area (Å²) in [6.07, 6.45) is 6.69. The van der Waals surface area contributed by atoms with Crippen LogP contribution in [0.15, 0.2) is 0 Å². The fourth-order valence-electron chi connectivity index (χ4n) is 3.98. The molecule has 0 N–H and O–H groups in total. The molecule has 25 heavy (non-hydrogen) atoms. The standard InChI is InChI=1S/C19H29N3O2S/c1-13(2)21-9-6-15(7-10-21)24-19-20-16-8-11-22(12-17(16)25-19)18(23)14-4-3-5-14/h13-15H,3-12H2,1-2H3. The molecule has 0 aromatic carbocycles. The highest BCUT2D eigenvalue weighted by molar-refractivity contribution is 7.13. The number of hydrogen-bond acceptors (Lipinski definition) is 5. The minimum Gasteiger partial charge on any atom is -0.467 e. The largest absolute Gasteiger partial charge is 0.467 e. The molecular formula is C19H29N3O2S. The van der Waals surface area contributed by atoms with Gasteiger partial charge in [0, 0.05) is 38.0 Å². The molecule has 2 fully saturated rings. The van der Waals surface area contributed by atoms with E-state index in [0.717, 1.165) is 69.2 Å². The van der Waals surface area contributed by atoms with Gasteiger partial charge in [0.1, 0.15) is 6.10 Å². The minimum atomic E-state index is 0.287. The average molecular weight is 364 g/mol. The maximum Gasteiger partial charge on any atom is 0.273 e. The molecule has 0 bridgehead atoms. The van der Waals surface area contributed by atoms with Gasteiger partial charge in [-0.25, -0.2) is 4.98 Å². The van der Waals surface area contributed by atoms with Gasteiger partial charge >= 0.3 is 0 Å². The predicted molar refractivity (Wildman–Crippen MR) is 98.9 cm³/mol. The molecule has 1 saturated carbocycles. The number of rotatable bonds is 4. The Morgan fingerprint density at radius 1 is 1.20 bits per heavy atom. The Labute approximate surface area is 154 Å². The van der Waals surface area contributed by atoms with Crippen molar-refractivity contribution in [1.82, 2.24) is 14.8 Å². The van der Waals surface area contributed by atoms with Gasteiger partial charge in [0.05, 0.1) is 17.1 Å². The van der Waals surface area contributed by atoms with E-state index < -0.39 is 0 Å². The zero-order chi connectivity index (χ0) is 17.4. The molecule has 4 rings (SSSR count). The van der Waals surface area contributed by atoms with Crippen molar-refractivity contribution < 1.29 is 9.53 Å². The second kappa shape index (κ2) is 7.23. The molecule has 5 nitrogen and oxygen atoms in total. The number of likely N-dealkylation sites (tertiary alicyclic amines) is 1. The van der Waals surface area contributed by atoms with Gasteiger partial charge in [-0.15, -0.1) is 0 Å². The predicted octanol–water partition coefficient (Wildman–Crippen LogP) is 3.08. The van der Waals surface area contributed by atoms with Crippen LogP contribution in [0.4, 0.5) is 0 Å². The number of aromatic nitrogens is 1. The van der Waals surface area contributed by atoms with E-state index in [0.29, 0.717) is 11.9 Å². The highest BCUT2D eigenvalue weighted by atomic mass is 32.1. The van der Waals surface area contributed by atoms with Crippen molar-refractivity contribution >= 4 is 17.2 Å². The van der Waals surface area contributed by atoms with Crippen LogP contribution < -0.4 is 4.74 Å². The molecular weight excluding hydrogens is 334 g/mol. The van der Waals surface area contributed by atoms with Gasteiger partial charge in [-0.3, -0.25) is 4.79 Å². The normalized spacial score (nSPS) is 22.8. The van der Waals surface area contributed by atoms with Gasteiger partial charge in [0.15, 0.2) is 0 Å². The Morgan fingerprint density at radius 2 is 1.96 bits per heavy atom. The van der Waals surface area contributed by atoms with E-state index in [2.05, 4.69) is 18.7 Å². The van der Waals surface area contributed by atoms with Crippen LogP contribution in [0.25, 0.3) is 0 Å². The Bertz CT molecular complexity index is 618. The maximum atomic E-state index is 12.5. The molecule has 0 spiro atoms. The number of nitrogens with zero attached hydrogens (tertiary/aromatic N) is 3. The van der Waals surface area contributed by atoms with Crippen LogP contribution >= 0.6 is 11.3 Å². The van der Waals surface area contributed by atoms with Gasteiger partial charge in [0.25, 0.3) is 5.19 Å². The number of carbonyl (C=O) groups excluding carboxylic acids is 1. The summed E-state index contributed by atoms with van der Waals surface area (Å²) in [5.74, 6) is 0.644. The fourth-order valence-corrected chi connectivity index (χ4v) is 5.01. The highest BCUT2D eigenvalue weighted by Crippen LogP contribution is 2.34. The second-order valence-corrected chi connectivity index (χ2v) is 8.98. The lowest BCUT2D eigenvalue weighted by molar-refractivity contribution is -0.139. The summed E-state index contributed by atoms with van der Waals surface area (Å²) in [7, 11) is 0. The summed E-state index contributed by atoms with van der Waals surface area (Å²) in [6, 6.07) is 0.618. The number of ether oxygens (including phenoxy) is 1. The molecule has 1 amide bonds. The molecule has 3 aliphatic rings. The van der Waals surface area contributed by atoms with Crippen molar-refractivity contribution in [2.45, 2.75) is 71.1 Å². The molecule has 1 aliphatic carbocycles. The van der Waals surface area contributed by atoms with E-state index in [1.807, 2.05) is 4.90 Å². The molecule has 1 saturated heterocycles. The van der Waals surface area contributed by atoms with Crippen LogP contribution in [0.3, 0.4) is 0 Å².